The van der Waals surface area contributed by atoms with Crippen molar-refractivity contribution in [3.63, 3.8) is 0 Å². The summed E-state index contributed by atoms with van der Waals surface area (Å²) in [5, 5.41) is 3.44. The molecule has 45 heavy (non-hydrogen) atoms. The molecule has 0 aliphatic rings. The molecular weight excluding hydrogens is 606 g/mol. The smallest absolute Gasteiger partial charge is 0.264 e. The molecule has 0 aromatic heterocycles. The Hall–Kier alpha value is -4.14. The van der Waals surface area contributed by atoms with Gasteiger partial charge in [-0.05, 0) is 81.6 Å². The van der Waals surface area contributed by atoms with Gasteiger partial charge in [0.2, 0.25) is 11.8 Å². The lowest BCUT2D eigenvalue weighted by Gasteiger charge is -2.35. The molecule has 0 aliphatic heterocycles. The number of nitrogens with one attached hydrogen (secondary N) is 1. The van der Waals surface area contributed by atoms with E-state index in [1.807, 2.05) is 88.4 Å². The van der Waals surface area contributed by atoms with Gasteiger partial charge in [-0.3, -0.25) is 13.9 Å². The molecule has 0 radical (unpaired) electrons. The zero-order valence-corrected chi connectivity index (χ0v) is 27.9. The highest BCUT2D eigenvalue weighted by Gasteiger charge is 2.36. The second-order valence-corrected chi connectivity index (χ2v) is 14.5. The summed E-state index contributed by atoms with van der Waals surface area (Å²) >= 11 is 6.07. The number of sulfonamides is 1. The van der Waals surface area contributed by atoms with Gasteiger partial charge in [-0.15, -0.1) is 0 Å². The standard InChI is InChI=1S/C36H40ClN3O4S/c1-26-15-17-29(18-16-26)24-39(33(35(42)38-36(3,4)5)23-28-12-7-6-8-13-28)34(41)25-40(32-14-10-9-11-27(32)2)45(43,44)31-21-19-30(37)20-22-31/h6-22,33H,23-25H2,1-5H3,(H,38,42)/t33-/m0/s1. The Morgan fingerprint density at radius 1 is 0.800 bits per heavy atom. The van der Waals surface area contributed by atoms with Gasteiger partial charge in [0.05, 0.1) is 10.6 Å². The zero-order valence-electron chi connectivity index (χ0n) is 26.3. The third-order valence-electron chi connectivity index (χ3n) is 7.31. The normalized spacial score (nSPS) is 12.3. The van der Waals surface area contributed by atoms with Gasteiger partial charge in [0, 0.05) is 23.5 Å². The fourth-order valence-corrected chi connectivity index (χ4v) is 6.59. The number of amides is 2. The minimum absolute atomic E-state index is 0.000603. The monoisotopic (exact) mass is 645 g/mol. The molecule has 4 aromatic rings. The van der Waals surface area contributed by atoms with Gasteiger partial charge in [-0.1, -0.05) is 90.0 Å². The minimum Gasteiger partial charge on any atom is -0.350 e. The van der Waals surface area contributed by atoms with E-state index in [1.54, 1.807) is 25.1 Å². The molecule has 0 heterocycles. The maximum absolute atomic E-state index is 14.6. The van der Waals surface area contributed by atoms with Crippen molar-refractivity contribution in [1.29, 1.82) is 0 Å². The third-order valence-corrected chi connectivity index (χ3v) is 9.33. The molecular formula is C36H40ClN3O4S. The molecule has 0 spiro atoms. The lowest BCUT2D eigenvalue weighted by atomic mass is 10.0. The van der Waals surface area contributed by atoms with Gasteiger partial charge in [0.1, 0.15) is 12.6 Å². The molecule has 2 amide bonds. The highest BCUT2D eigenvalue weighted by molar-refractivity contribution is 7.92. The molecule has 0 aliphatic carbocycles. The summed E-state index contributed by atoms with van der Waals surface area (Å²) in [7, 11) is -4.21. The van der Waals surface area contributed by atoms with E-state index >= 15 is 0 Å². The van der Waals surface area contributed by atoms with Crippen LogP contribution >= 0.6 is 11.6 Å². The van der Waals surface area contributed by atoms with Crippen molar-refractivity contribution in [2.45, 2.75) is 64.1 Å². The molecule has 0 fully saturated rings. The lowest BCUT2D eigenvalue weighted by Crippen LogP contribution is -2.56. The summed E-state index contributed by atoms with van der Waals surface area (Å²) in [4.78, 5) is 30.0. The van der Waals surface area contributed by atoms with Gasteiger partial charge in [-0.2, -0.15) is 0 Å². The third kappa shape index (κ3) is 8.96. The Kier molecular flexibility index (Phi) is 10.7. The van der Waals surface area contributed by atoms with E-state index in [9.17, 15) is 18.0 Å². The summed E-state index contributed by atoms with van der Waals surface area (Å²) in [5.74, 6) is -0.837. The number of para-hydroxylation sites is 1. The maximum atomic E-state index is 14.6. The number of aryl methyl sites for hydroxylation is 2. The van der Waals surface area contributed by atoms with E-state index in [4.69, 9.17) is 11.6 Å². The average Bonchev–Trinajstić information content (AvgIpc) is 2.99. The maximum Gasteiger partial charge on any atom is 0.264 e. The number of halogens is 1. The molecule has 9 heteroatoms. The van der Waals surface area contributed by atoms with Crippen LogP contribution < -0.4 is 9.62 Å². The summed E-state index contributed by atoms with van der Waals surface area (Å²) < 4.78 is 29.5. The molecule has 1 atom stereocenters. The molecule has 0 saturated carbocycles. The minimum atomic E-state index is -4.21. The molecule has 7 nitrogen and oxygen atoms in total. The van der Waals surface area contributed by atoms with Crippen molar-refractivity contribution >= 4 is 39.1 Å². The molecule has 1 N–H and O–H groups in total. The lowest BCUT2D eigenvalue weighted by molar-refractivity contribution is -0.140. The van der Waals surface area contributed by atoms with Crippen molar-refractivity contribution in [2.24, 2.45) is 0 Å². The molecule has 4 aromatic carbocycles. The number of hydrogen-bond acceptors (Lipinski definition) is 4. The van der Waals surface area contributed by atoms with E-state index in [1.165, 1.54) is 29.2 Å². The largest absolute Gasteiger partial charge is 0.350 e. The van der Waals surface area contributed by atoms with Gasteiger partial charge in [0.25, 0.3) is 10.0 Å². The quantitative estimate of drug-likeness (QED) is 0.197. The number of hydrogen-bond donors (Lipinski definition) is 1. The van der Waals surface area contributed by atoms with Crippen molar-refractivity contribution in [3.8, 4) is 0 Å². The molecule has 0 saturated heterocycles. The summed E-state index contributed by atoms with van der Waals surface area (Å²) in [6, 6.07) is 29.2. The number of anilines is 1. The van der Waals surface area contributed by atoms with E-state index in [2.05, 4.69) is 5.32 Å². The van der Waals surface area contributed by atoms with Crippen molar-refractivity contribution < 1.29 is 18.0 Å². The highest BCUT2D eigenvalue weighted by atomic mass is 35.5. The van der Waals surface area contributed by atoms with Crippen LogP contribution in [0.15, 0.2) is 108 Å². The number of carbonyl (C=O) groups is 2. The number of rotatable bonds is 11. The van der Waals surface area contributed by atoms with Crippen LogP contribution in [-0.4, -0.2) is 43.3 Å². The van der Waals surface area contributed by atoms with Crippen LogP contribution in [0.1, 0.15) is 43.0 Å². The van der Waals surface area contributed by atoms with Gasteiger partial charge >= 0.3 is 0 Å². The SMILES string of the molecule is Cc1ccc(CN(C(=O)CN(c2ccccc2C)S(=O)(=O)c2ccc(Cl)cc2)[C@@H](Cc2ccccc2)C(=O)NC(C)(C)C)cc1. The van der Waals surface area contributed by atoms with Gasteiger partial charge in [-0.25, -0.2) is 8.42 Å². The van der Waals surface area contributed by atoms with E-state index < -0.39 is 34.1 Å². The number of nitrogens with zero attached hydrogens (tertiary/aromatic N) is 2. The van der Waals surface area contributed by atoms with Crippen LogP contribution in [0, 0.1) is 13.8 Å². The number of carbonyl (C=O) groups excluding carboxylic acids is 2. The van der Waals surface area contributed by atoms with Crippen molar-refractivity contribution in [2.75, 3.05) is 10.8 Å². The van der Waals surface area contributed by atoms with E-state index in [0.29, 0.717) is 16.3 Å². The Labute approximate surface area is 271 Å². The predicted molar refractivity (Wildman–Crippen MR) is 181 cm³/mol. The van der Waals surface area contributed by atoms with Crippen molar-refractivity contribution in [3.05, 3.63) is 130 Å². The highest BCUT2D eigenvalue weighted by Crippen LogP contribution is 2.28. The Bertz CT molecular complexity index is 1720. The van der Waals surface area contributed by atoms with Crippen LogP contribution in [0.3, 0.4) is 0 Å². The summed E-state index contributed by atoms with van der Waals surface area (Å²) in [6.45, 7) is 9.01. The second-order valence-electron chi connectivity index (χ2n) is 12.2. The molecule has 0 bridgehead atoms. The second kappa shape index (κ2) is 14.3. The summed E-state index contributed by atoms with van der Waals surface area (Å²) in [5.41, 5.74) is 3.24. The molecule has 0 unspecified atom stereocenters. The zero-order chi connectivity index (χ0) is 32.8. The first kappa shape index (κ1) is 33.7. The fourth-order valence-electron chi connectivity index (χ4n) is 4.99. The van der Waals surface area contributed by atoms with Crippen LogP contribution in [0.2, 0.25) is 5.02 Å². The molecule has 4 rings (SSSR count). The van der Waals surface area contributed by atoms with E-state index in [-0.39, 0.29) is 23.8 Å². The first-order chi connectivity index (χ1) is 21.2. The Balaban J connectivity index is 1.82. The first-order valence-corrected chi connectivity index (χ1v) is 16.6. The molecule has 236 valence electrons. The Morgan fingerprint density at radius 3 is 2.00 bits per heavy atom. The van der Waals surface area contributed by atoms with Crippen LogP contribution in [0.5, 0.6) is 0 Å². The van der Waals surface area contributed by atoms with Gasteiger partial charge < -0.3 is 10.2 Å². The average molecular weight is 646 g/mol. The Morgan fingerprint density at radius 2 is 1.40 bits per heavy atom. The fraction of sp³-hybridized carbons (Fsp3) is 0.278. The van der Waals surface area contributed by atoms with Crippen molar-refractivity contribution in [1.82, 2.24) is 10.2 Å². The van der Waals surface area contributed by atoms with E-state index in [0.717, 1.165) is 21.0 Å². The summed E-state index contributed by atoms with van der Waals surface area (Å²) in [6.07, 6.45) is 0.245. The predicted octanol–water partition coefficient (Wildman–Crippen LogP) is 6.71. The van der Waals surface area contributed by atoms with Gasteiger partial charge in [0.15, 0.2) is 0 Å². The topological polar surface area (TPSA) is 86.8 Å². The first-order valence-electron chi connectivity index (χ1n) is 14.8. The van der Waals surface area contributed by atoms with Crippen LogP contribution in [0.4, 0.5) is 5.69 Å². The number of benzene rings is 4. The van der Waals surface area contributed by atoms with Crippen LogP contribution in [-0.2, 0) is 32.6 Å². The van der Waals surface area contributed by atoms with Crippen LogP contribution in [0.25, 0.3) is 0 Å².